The van der Waals surface area contributed by atoms with Crippen LogP contribution in [-0.2, 0) is 6.54 Å². The highest BCUT2D eigenvalue weighted by atomic mass is 32.1. The maximum absolute atomic E-state index is 5.48. The molecule has 1 aromatic carbocycles. The molecule has 1 saturated heterocycles. The second-order valence-corrected chi connectivity index (χ2v) is 6.87. The third-order valence-corrected chi connectivity index (χ3v) is 5.34. The van der Waals surface area contributed by atoms with E-state index in [4.69, 9.17) is 9.26 Å². The van der Waals surface area contributed by atoms with Crippen molar-refractivity contribution in [1.29, 1.82) is 0 Å². The predicted octanol–water partition coefficient (Wildman–Crippen LogP) is 4.14. The third kappa shape index (κ3) is 3.07. The van der Waals surface area contributed by atoms with Gasteiger partial charge in [0.15, 0.2) is 0 Å². The van der Waals surface area contributed by atoms with E-state index in [0.717, 1.165) is 17.9 Å². The topological polar surface area (TPSA) is 51.4 Å². The molecule has 0 spiro atoms. The van der Waals surface area contributed by atoms with Gasteiger partial charge in [-0.3, -0.25) is 4.90 Å². The van der Waals surface area contributed by atoms with Crippen LogP contribution in [0.5, 0.6) is 5.75 Å². The molecule has 124 valence electrons. The molecule has 1 aliphatic rings. The summed E-state index contributed by atoms with van der Waals surface area (Å²) in [5, 5.41) is 6.26. The second-order valence-electron chi connectivity index (χ2n) is 5.89. The molecule has 0 bridgehead atoms. The van der Waals surface area contributed by atoms with Crippen molar-refractivity contribution in [2.24, 2.45) is 0 Å². The van der Waals surface area contributed by atoms with Gasteiger partial charge in [0.2, 0.25) is 11.7 Å². The van der Waals surface area contributed by atoms with E-state index >= 15 is 0 Å². The zero-order valence-electron chi connectivity index (χ0n) is 13.5. The van der Waals surface area contributed by atoms with Crippen LogP contribution < -0.4 is 4.74 Å². The van der Waals surface area contributed by atoms with E-state index in [9.17, 15) is 0 Å². The van der Waals surface area contributed by atoms with Crippen LogP contribution in [0.15, 0.2) is 46.3 Å². The van der Waals surface area contributed by atoms with E-state index in [1.54, 1.807) is 7.11 Å². The molecule has 0 aliphatic carbocycles. The highest BCUT2D eigenvalue weighted by molar-refractivity contribution is 7.10. The number of benzene rings is 1. The van der Waals surface area contributed by atoms with E-state index in [1.165, 1.54) is 17.7 Å². The standard InChI is InChI=1S/C18H19N3O2S/c1-22-14-6-2-5-13(11-14)18-19-17(23-20-18)12-21-9-3-7-15(21)16-8-4-10-24-16/h2,4-6,8,10-11,15H,3,7,9,12H2,1H3. The van der Waals surface area contributed by atoms with Crippen LogP contribution in [0, 0.1) is 0 Å². The molecule has 0 radical (unpaired) electrons. The fourth-order valence-electron chi connectivity index (χ4n) is 3.19. The number of likely N-dealkylation sites (tertiary alicyclic amines) is 1. The molecule has 0 amide bonds. The van der Waals surface area contributed by atoms with Gasteiger partial charge in [-0.25, -0.2) is 0 Å². The number of aromatic nitrogens is 2. The maximum Gasteiger partial charge on any atom is 0.241 e. The molecule has 1 fully saturated rings. The maximum atomic E-state index is 5.48. The van der Waals surface area contributed by atoms with Crippen LogP contribution in [0.25, 0.3) is 11.4 Å². The van der Waals surface area contributed by atoms with Gasteiger partial charge in [0.25, 0.3) is 0 Å². The number of methoxy groups -OCH3 is 1. The van der Waals surface area contributed by atoms with E-state index in [2.05, 4.69) is 32.6 Å². The molecule has 1 unspecified atom stereocenters. The minimum Gasteiger partial charge on any atom is -0.497 e. The number of ether oxygens (including phenoxy) is 1. The first kappa shape index (κ1) is 15.4. The first-order valence-corrected chi connectivity index (χ1v) is 8.96. The van der Waals surface area contributed by atoms with Crippen LogP contribution in [0.3, 0.4) is 0 Å². The molecule has 5 nitrogen and oxygen atoms in total. The monoisotopic (exact) mass is 341 g/mol. The summed E-state index contributed by atoms with van der Waals surface area (Å²) < 4.78 is 10.7. The van der Waals surface area contributed by atoms with Crippen molar-refractivity contribution in [2.75, 3.05) is 13.7 Å². The van der Waals surface area contributed by atoms with Gasteiger partial charge in [0, 0.05) is 16.5 Å². The molecule has 1 atom stereocenters. The van der Waals surface area contributed by atoms with Crippen molar-refractivity contribution in [3.05, 3.63) is 52.5 Å². The number of thiophene rings is 1. The van der Waals surface area contributed by atoms with Crippen LogP contribution in [0.2, 0.25) is 0 Å². The van der Waals surface area contributed by atoms with E-state index in [1.807, 2.05) is 35.6 Å². The predicted molar refractivity (Wildman–Crippen MR) is 93.0 cm³/mol. The first-order chi connectivity index (χ1) is 11.8. The Kier molecular flexibility index (Phi) is 4.32. The molecule has 6 heteroatoms. The molecular weight excluding hydrogens is 322 g/mol. The summed E-state index contributed by atoms with van der Waals surface area (Å²) in [5.74, 6) is 2.06. The number of hydrogen-bond acceptors (Lipinski definition) is 6. The quantitative estimate of drug-likeness (QED) is 0.698. The van der Waals surface area contributed by atoms with Crippen molar-refractivity contribution in [2.45, 2.75) is 25.4 Å². The fraction of sp³-hybridized carbons (Fsp3) is 0.333. The molecule has 3 aromatic rings. The molecular formula is C18H19N3O2S. The molecule has 0 saturated carbocycles. The summed E-state index contributed by atoms with van der Waals surface area (Å²) >= 11 is 1.82. The van der Waals surface area contributed by atoms with Crippen molar-refractivity contribution >= 4 is 11.3 Å². The summed E-state index contributed by atoms with van der Waals surface area (Å²) in [6, 6.07) is 12.5. The van der Waals surface area contributed by atoms with E-state index in [-0.39, 0.29) is 0 Å². The summed E-state index contributed by atoms with van der Waals surface area (Å²) in [6.07, 6.45) is 2.40. The smallest absolute Gasteiger partial charge is 0.241 e. The second kappa shape index (κ2) is 6.75. The van der Waals surface area contributed by atoms with Gasteiger partial charge in [-0.2, -0.15) is 4.98 Å². The van der Waals surface area contributed by atoms with Gasteiger partial charge in [-0.15, -0.1) is 11.3 Å². The lowest BCUT2D eigenvalue weighted by Gasteiger charge is -2.21. The van der Waals surface area contributed by atoms with Gasteiger partial charge in [-0.1, -0.05) is 23.4 Å². The largest absolute Gasteiger partial charge is 0.497 e. The van der Waals surface area contributed by atoms with Crippen LogP contribution >= 0.6 is 11.3 Å². The van der Waals surface area contributed by atoms with Crippen LogP contribution in [0.1, 0.15) is 29.7 Å². The first-order valence-electron chi connectivity index (χ1n) is 8.08. The van der Waals surface area contributed by atoms with Crippen molar-refractivity contribution < 1.29 is 9.26 Å². The van der Waals surface area contributed by atoms with Gasteiger partial charge < -0.3 is 9.26 Å². The number of hydrogen-bond donors (Lipinski definition) is 0. The van der Waals surface area contributed by atoms with Crippen molar-refractivity contribution in [3.8, 4) is 17.1 Å². The Bertz CT molecular complexity index is 800. The fourth-order valence-corrected chi connectivity index (χ4v) is 4.09. The Morgan fingerprint density at radius 2 is 2.29 bits per heavy atom. The summed E-state index contributed by atoms with van der Waals surface area (Å²) in [7, 11) is 1.65. The Balaban J connectivity index is 1.51. The minimum absolute atomic E-state index is 0.470. The number of rotatable bonds is 5. The van der Waals surface area contributed by atoms with Crippen LogP contribution in [-0.4, -0.2) is 28.7 Å². The van der Waals surface area contributed by atoms with Gasteiger partial charge in [0.1, 0.15) is 5.75 Å². The van der Waals surface area contributed by atoms with E-state index in [0.29, 0.717) is 24.3 Å². The molecule has 0 N–H and O–H groups in total. The Morgan fingerprint density at radius 3 is 3.12 bits per heavy atom. The van der Waals surface area contributed by atoms with Crippen molar-refractivity contribution in [1.82, 2.24) is 15.0 Å². The Morgan fingerprint density at radius 1 is 1.33 bits per heavy atom. The summed E-state index contributed by atoms with van der Waals surface area (Å²) in [6.45, 7) is 1.76. The van der Waals surface area contributed by atoms with Gasteiger partial charge in [0.05, 0.1) is 13.7 Å². The molecule has 1 aliphatic heterocycles. The minimum atomic E-state index is 0.470. The Hall–Kier alpha value is -2.18. The third-order valence-electron chi connectivity index (χ3n) is 4.37. The SMILES string of the molecule is COc1cccc(-c2noc(CN3CCCC3c3cccs3)n2)c1. The van der Waals surface area contributed by atoms with Crippen LogP contribution in [0.4, 0.5) is 0 Å². The molecule has 2 aromatic heterocycles. The van der Waals surface area contributed by atoms with E-state index < -0.39 is 0 Å². The number of nitrogens with zero attached hydrogens (tertiary/aromatic N) is 3. The normalized spacial score (nSPS) is 18.1. The highest BCUT2D eigenvalue weighted by Crippen LogP contribution is 2.35. The average Bonchev–Trinajstić information content (AvgIpc) is 3.36. The lowest BCUT2D eigenvalue weighted by molar-refractivity contribution is 0.214. The average molecular weight is 341 g/mol. The van der Waals surface area contributed by atoms with Gasteiger partial charge >= 0.3 is 0 Å². The molecule has 24 heavy (non-hydrogen) atoms. The lowest BCUT2D eigenvalue weighted by Crippen LogP contribution is -2.22. The zero-order chi connectivity index (χ0) is 16.4. The molecule has 3 heterocycles. The van der Waals surface area contributed by atoms with Gasteiger partial charge in [-0.05, 0) is 43.0 Å². The summed E-state index contributed by atoms with van der Waals surface area (Å²) in [5.41, 5.74) is 0.903. The summed E-state index contributed by atoms with van der Waals surface area (Å²) in [4.78, 5) is 8.41. The Labute approximate surface area is 144 Å². The highest BCUT2D eigenvalue weighted by Gasteiger charge is 2.28. The molecule has 4 rings (SSSR count). The zero-order valence-corrected chi connectivity index (χ0v) is 14.3. The lowest BCUT2D eigenvalue weighted by atomic mass is 10.2. The van der Waals surface area contributed by atoms with Crippen molar-refractivity contribution in [3.63, 3.8) is 0 Å².